The molecule has 1 aromatic carbocycles. The number of benzene rings is 1. The number of carbonyl (C=O) groups excluding carboxylic acids is 2. The average Bonchev–Trinajstić information content (AvgIpc) is 3.14. The highest BCUT2D eigenvalue weighted by molar-refractivity contribution is 7.20. The van der Waals surface area contributed by atoms with Gasteiger partial charge in [0, 0.05) is 0 Å². The zero-order valence-corrected chi connectivity index (χ0v) is 19.5. The van der Waals surface area contributed by atoms with Gasteiger partial charge in [-0.15, -0.1) is 11.3 Å². The Bertz CT molecular complexity index is 1180. The third kappa shape index (κ3) is 4.83. The monoisotopic (exact) mass is 457 g/mol. The van der Waals surface area contributed by atoms with Gasteiger partial charge in [0.2, 0.25) is 0 Å². The molecule has 0 radical (unpaired) electrons. The molecule has 1 unspecified atom stereocenters. The second kappa shape index (κ2) is 10.4. The predicted molar refractivity (Wildman–Crippen MR) is 125 cm³/mol. The van der Waals surface area contributed by atoms with Crippen LogP contribution >= 0.6 is 11.3 Å². The number of hydrogen-bond acceptors (Lipinski definition) is 7. The van der Waals surface area contributed by atoms with Crippen molar-refractivity contribution in [2.24, 2.45) is 0 Å². The molecule has 3 rings (SSSR count). The van der Waals surface area contributed by atoms with Gasteiger partial charge < -0.3 is 14.8 Å². The van der Waals surface area contributed by atoms with Gasteiger partial charge in [-0.05, 0) is 38.0 Å². The van der Waals surface area contributed by atoms with E-state index in [-0.39, 0.29) is 11.5 Å². The molecule has 0 saturated heterocycles. The molecule has 170 valence electrons. The Balaban J connectivity index is 1.87. The number of nitrogens with zero attached hydrogens (tertiary/aromatic N) is 2. The maximum absolute atomic E-state index is 13.1. The summed E-state index contributed by atoms with van der Waals surface area (Å²) in [7, 11) is 1.53. The summed E-state index contributed by atoms with van der Waals surface area (Å²) in [4.78, 5) is 43.6. The first-order valence-corrected chi connectivity index (χ1v) is 11.3. The van der Waals surface area contributed by atoms with Gasteiger partial charge in [-0.2, -0.15) is 0 Å². The maximum atomic E-state index is 13.1. The lowest BCUT2D eigenvalue weighted by molar-refractivity contribution is -0.147. The molecular weight excluding hydrogens is 430 g/mol. The third-order valence-corrected chi connectivity index (χ3v) is 6.39. The second-order valence-corrected chi connectivity index (χ2v) is 8.40. The Hall–Kier alpha value is -3.20. The minimum atomic E-state index is -0.814. The molecule has 1 atom stereocenters. The van der Waals surface area contributed by atoms with E-state index < -0.39 is 12.0 Å². The molecule has 3 aromatic rings. The number of amides is 1. The molecule has 2 aromatic heterocycles. The van der Waals surface area contributed by atoms with E-state index in [0.29, 0.717) is 38.7 Å². The summed E-state index contributed by atoms with van der Waals surface area (Å²) in [6.07, 6.45) is 4.12. The Morgan fingerprint density at radius 3 is 2.72 bits per heavy atom. The number of hydrogen-bond donors (Lipinski definition) is 1. The molecule has 9 heteroatoms. The van der Waals surface area contributed by atoms with Gasteiger partial charge >= 0.3 is 5.97 Å². The summed E-state index contributed by atoms with van der Waals surface area (Å²) in [5.41, 5.74) is 0.674. The zero-order chi connectivity index (χ0) is 23.3. The van der Waals surface area contributed by atoms with Gasteiger partial charge in [0.1, 0.15) is 16.6 Å². The molecule has 32 heavy (non-hydrogen) atoms. The standard InChI is InChI=1S/C23H27N3O5S/c1-5-6-9-12-31-23(29)15(3)26-13-24-21-18(22(26)28)14(2)19(32-21)20(27)25-16-10-7-8-11-17(16)30-4/h7-8,10-11,13,15H,5-6,9,12H2,1-4H3,(H,25,27). The summed E-state index contributed by atoms with van der Waals surface area (Å²) in [6.45, 7) is 5.70. The number of esters is 1. The minimum absolute atomic E-state index is 0.326. The Kier molecular flexibility index (Phi) is 7.63. The van der Waals surface area contributed by atoms with Crippen molar-refractivity contribution in [3.05, 3.63) is 51.4 Å². The molecule has 0 fully saturated rings. The van der Waals surface area contributed by atoms with Crippen LogP contribution in [-0.4, -0.2) is 35.1 Å². The van der Waals surface area contributed by atoms with E-state index in [0.717, 1.165) is 30.6 Å². The molecule has 8 nitrogen and oxygen atoms in total. The topological polar surface area (TPSA) is 99.5 Å². The van der Waals surface area contributed by atoms with E-state index in [1.165, 1.54) is 18.0 Å². The van der Waals surface area contributed by atoms with E-state index in [4.69, 9.17) is 9.47 Å². The fraction of sp³-hybridized carbons (Fsp3) is 0.391. The number of fused-ring (bicyclic) bond motifs is 1. The van der Waals surface area contributed by atoms with Gasteiger partial charge in [0.15, 0.2) is 0 Å². The van der Waals surface area contributed by atoms with Crippen molar-refractivity contribution in [1.82, 2.24) is 9.55 Å². The number of thiophene rings is 1. The third-order valence-electron chi connectivity index (χ3n) is 5.19. The zero-order valence-electron chi connectivity index (χ0n) is 18.6. The highest BCUT2D eigenvalue weighted by atomic mass is 32.1. The van der Waals surface area contributed by atoms with Gasteiger partial charge in [-0.1, -0.05) is 31.9 Å². The summed E-state index contributed by atoms with van der Waals surface area (Å²) in [5.74, 6) is -0.304. The fourth-order valence-electron chi connectivity index (χ4n) is 3.32. The number of anilines is 1. The number of rotatable bonds is 9. The van der Waals surface area contributed by atoms with Crippen LogP contribution in [0.5, 0.6) is 5.75 Å². The number of carbonyl (C=O) groups is 2. The maximum Gasteiger partial charge on any atom is 0.328 e. The van der Waals surface area contributed by atoms with Gasteiger partial charge in [-0.3, -0.25) is 14.2 Å². The number of aryl methyl sites for hydroxylation is 1. The molecule has 0 aliphatic heterocycles. The van der Waals surface area contributed by atoms with Crippen molar-refractivity contribution < 1.29 is 19.1 Å². The van der Waals surface area contributed by atoms with Gasteiger partial charge in [-0.25, -0.2) is 9.78 Å². The van der Waals surface area contributed by atoms with E-state index in [2.05, 4.69) is 17.2 Å². The number of methoxy groups -OCH3 is 1. The number of aromatic nitrogens is 2. The minimum Gasteiger partial charge on any atom is -0.495 e. The largest absolute Gasteiger partial charge is 0.495 e. The van der Waals surface area contributed by atoms with Crippen LogP contribution in [0.3, 0.4) is 0 Å². The Labute approximate surface area is 190 Å². The summed E-state index contributed by atoms with van der Waals surface area (Å²) in [5, 5.41) is 3.15. The molecule has 0 spiro atoms. The van der Waals surface area contributed by atoms with E-state index in [1.54, 1.807) is 32.0 Å². The lowest BCUT2D eigenvalue weighted by Crippen LogP contribution is -2.29. The van der Waals surface area contributed by atoms with Crippen molar-refractivity contribution in [2.75, 3.05) is 19.0 Å². The lowest BCUT2D eigenvalue weighted by Gasteiger charge is -2.14. The van der Waals surface area contributed by atoms with Crippen molar-refractivity contribution in [3.63, 3.8) is 0 Å². The molecule has 0 bridgehead atoms. The molecule has 2 heterocycles. The number of para-hydroxylation sites is 2. The van der Waals surface area contributed by atoms with E-state index in [9.17, 15) is 14.4 Å². The van der Waals surface area contributed by atoms with Crippen LogP contribution in [0.1, 0.15) is 54.4 Å². The number of ether oxygens (including phenoxy) is 2. The Morgan fingerprint density at radius 2 is 2.00 bits per heavy atom. The molecule has 0 aliphatic rings. The van der Waals surface area contributed by atoms with Crippen LogP contribution in [-0.2, 0) is 9.53 Å². The smallest absolute Gasteiger partial charge is 0.328 e. The van der Waals surface area contributed by atoms with Crippen molar-refractivity contribution in [3.8, 4) is 5.75 Å². The van der Waals surface area contributed by atoms with E-state index >= 15 is 0 Å². The van der Waals surface area contributed by atoms with Crippen LogP contribution in [0.2, 0.25) is 0 Å². The van der Waals surface area contributed by atoms with Gasteiger partial charge in [0.05, 0.1) is 36.0 Å². The highest BCUT2D eigenvalue weighted by Gasteiger charge is 2.24. The lowest BCUT2D eigenvalue weighted by atomic mass is 10.2. The quantitative estimate of drug-likeness (QED) is 0.379. The van der Waals surface area contributed by atoms with Crippen LogP contribution in [0.25, 0.3) is 10.2 Å². The summed E-state index contributed by atoms with van der Waals surface area (Å²) >= 11 is 1.13. The first-order valence-electron chi connectivity index (χ1n) is 10.5. The van der Waals surface area contributed by atoms with Gasteiger partial charge in [0.25, 0.3) is 11.5 Å². The molecule has 1 N–H and O–H groups in total. The normalized spacial score (nSPS) is 11.9. The predicted octanol–water partition coefficient (Wildman–Crippen LogP) is 4.32. The Morgan fingerprint density at radius 1 is 1.25 bits per heavy atom. The number of nitrogens with one attached hydrogen (secondary N) is 1. The molecule has 0 saturated carbocycles. The summed E-state index contributed by atoms with van der Waals surface area (Å²) < 4.78 is 11.8. The number of unbranched alkanes of at least 4 members (excludes halogenated alkanes) is 2. The van der Waals surface area contributed by atoms with Crippen molar-refractivity contribution >= 4 is 39.1 Å². The summed E-state index contributed by atoms with van der Waals surface area (Å²) in [6, 6.07) is 6.26. The second-order valence-electron chi connectivity index (χ2n) is 7.40. The first kappa shape index (κ1) is 23.5. The van der Waals surface area contributed by atoms with Crippen molar-refractivity contribution in [2.45, 2.75) is 46.1 Å². The average molecular weight is 458 g/mol. The highest BCUT2D eigenvalue weighted by Crippen LogP contribution is 2.30. The molecule has 0 aliphatic carbocycles. The molecule has 1 amide bonds. The van der Waals surface area contributed by atoms with Crippen molar-refractivity contribution in [1.29, 1.82) is 0 Å². The van der Waals surface area contributed by atoms with Crippen LogP contribution in [0.4, 0.5) is 5.69 Å². The van der Waals surface area contributed by atoms with Crippen LogP contribution in [0.15, 0.2) is 35.4 Å². The molecular formula is C23H27N3O5S. The van der Waals surface area contributed by atoms with Crippen LogP contribution < -0.4 is 15.6 Å². The van der Waals surface area contributed by atoms with E-state index in [1.807, 2.05) is 6.07 Å². The first-order chi connectivity index (χ1) is 15.4. The van der Waals surface area contributed by atoms with Crippen LogP contribution in [0, 0.1) is 6.92 Å². The SMILES string of the molecule is CCCCCOC(=O)C(C)n1cnc2sc(C(=O)Nc3ccccc3OC)c(C)c2c1=O. The fourth-order valence-corrected chi connectivity index (χ4v) is 4.35.